The largest absolute Gasteiger partial charge is 0.334 e. The van der Waals surface area contributed by atoms with E-state index in [1.807, 2.05) is 98.1 Å². The van der Waals surface area contributed by atoms with Gasteiger partial charge in [0, 0.05) is 43.3 Å². The van der Waals surface area contributed by atoms with Crippen molar-refractivity contribution in [2.45, 2.75) is 45.2 Å². The predicted molar refractivity (Wildman–Crippen MR) is 173 cm³/mol. The summed E-state index contributed by atoms with van der Waals surface area (Å²) in [6.45, 7) is 2.32. The Balaban J connectivity index is 1.16. The molecule has 1 fully saturated rings. The number of urea groups is 1. The molecule has 2 amide bonds. The topological polar surface area (TPSA) is 141 Å². The zero-order valence-corrected chi connectivity index (χ0v) is 25.3. The molecule has 0 aliphatic heterocycles. The van der Waals surface area contributed by atoms with Crippen LogP contribution in [0.4, 0.5) is 16.4 Å². The van der Waals surface area contributed by atoms with E-state index in [-0.39, 0.29) is 18.0 Å². The number of aliphatic imine (C=N–C) groups is 1. The molecule has 0 radical (unpaired) electrons. The van der Waals surface area contributed by atoms with E-state index >= 15 is 0 Å². The normalized spacial score (nSPS) is 16.4. The van der Waals surface area contributed by atoms with Crippen LogP contribution in [0, 0.1) is 24.2 Å². The molecule has 6 rings (SSSR count). The molecule has 2 N–H and O–H groups in total. The smallest absolute Gasteiger partial charge is 0.322 e. The zero-order chi connectivity index (χ0) is 31.2. The molecule has 0 atom stereocenters. The third kappa shape index (κ3) is 6.96. The maximum absolute atomic E-state index is 13.7. The van der Waals surface area contributed by atoms with E-state index in [0.717, 1.165) is 53.8 Å². The molecule has 0 saturated heterocycles. The maximum Gasteiger partial charge on any atom is 0.322 e. The second kappa shape index (κ2) is 13.3. The van der Waals surface area contributed by atoms with Crippen molar-refractivity contribution >= 4 is 23.9 Å². The second-order valence-corrected chi connectivity index (χ2v) is 11.3. The highest BCUT2D eigenvalue weighted by Gasteiger charge is 2.30. The Morgan fingerprint density at radius 1 is 1.11 bits per heavy atom. The number of carbonyl (C=O) groups excluding carboxylic acids is 1. The average molecular weight is 599 g/mol. The first kappa shape index (κ1) is 29.4. The lowest BCUT2D eigenvalue weighted by atomic mass is 9.86. The molecular formula is C34H34N10O. The molecular weight excluding hydrogens is 564 g/mol. The lowest BCUT2D eigenvalue weighted by Gasteiger charge is -2.36. The van der Waals surface area contributed by atoms with Crippen LogP contribution in [0.3, 0.4) is 0 Å². The molecule has 1 saturated carbocycles. The van der Waals surface area contributed by atoms with Crippen molar-refractivity contribution in [1.82, 2.24) is 35.3 Å². The molecule has 0 bridgehead atoms. The molecule has 11 nitrogen and oxygen atoms in total. The summed E-state index contributed by atoms with van der Waals surface area (Å²) in [6, 6.07) is 21.9. The number of nitriles is 1. The van der Waals surface area contributed by atoms with Crippen molar-refractivity contribution in [3.05, 3.63) is 96.1 Å². The summed E-state index contributed by atoms with van der Waals surface area (Å²) in [7, 11) is 1.90. The van der Waals surface area contributed by atoms with Crippen LogP contribution in [0.25, 0.3) is 22.5 Å². The van der Waals surface area contributed by atoms with Crippen molar-refractivity contribution in [2.75, 3.05) is 4.90 Å². The Bertz CT molecular complexity index is 1830. The van der Waals surface area contributed by atoms with E-state index in [4.69, 9.17) is 0 Å². The molecule has 0 spiro atoms. The Morgan fingerprint density at radius 3 is 2.56 bits per heavy atom. The number of hydrogen-bond acceptors (Lipinski definition) is 7. The first-order valence-corrected chi connectivity index (χ1v) is 15.0. The van der Waals surface area contributed by atoms with Crippen LogP contribution in [-0.2, 0) is 13.6 Å². The van der Waals surface area contributed by atoms with E-state index in [1.54, 1.807) is 4.68 Å². The molecule has 0 unspecified atom stereocenters. The highest BCUT2D eigenvalue weighted by molar-refractivity contribution is 5.93. The number of anilines is 1. The van der Waals surface area contributed by atoms with Gasteiger partial charge in [0.25, 0.3) is 0 Å². The maximum atomic E-state index is 13.7. The molecule has 45 heavy (non-hydrogen) atoms. The third-order valence-corrected chi connectivity index (χ3v) is 8.05. The number of nitrogens with one attached hydrogen (secondary N) is 2. The Morgan fingerprint density at radius 2 is 1.89 bits per heavy atom. The van der Waals surface area contributed by atoms with Crippen LogP contribution in [0.5, 0.6) is 0 Å². The zero-order valence-electron chi connectivity index (χ0n) is 25.3. The Labute approximate surface area is 261 Å². The van der Waals surface area contributed by atoms with Gasteiger partial charge in [0.1, 0.15) is 11.8 Å². The fourth-order valence-electron chi connectivity index (χ4n) is 5.68. The quantitative estimate of drug-likeness (QED) is 0.206. The van der Waals surface area contributed by atoms with E-state index in [0.29, 0.717) is 29.4 Å². The monoisotopic (exact) mass is 598 g/mol. The third-order valence-electron chi connectivity index (χ3n) is 8.05. The number of aromatic nitrogens is 6. The predicted octanol–water partition coefficient (Wildman–Crippen LogP) is 6.12. The number of aromatic amines is 1. The fraction of sp³-hybridized carbons (Fsp3) is 0.265. The van der Waals surface area contributed by atoms with Crippen LogP contribution in [0.1, 0.15) is 42.5 Å². The molecule has 2 aromatic carbocycles. The SMILES string of the molecule is Cc1cc(-c2nc(/N=C\C3CCC(N(C(=O)NCc4ccccc4)c4ccc(-c5cnn(C)c5)cc4)CC3)ncc2C#N)[nH]n1. The van der Waals surface area contributed by atoms with Gasteiger partial charge in [-0.2, -0.15) is 15.5 Å². The summed E-state index contributed by atoms with van der Waals surface area (Å²) in [5.74, 6) is 0.523. The number of carbonyl (C=O) groups is 1. The average Bonchev–Trinajstić information content (AvgIpc) is 3.72. The van der Waals surface area contributed by atoms with Gasteiger partial charge in [-0.3, -0.25) is 14.7 Å². The van der Waals surface area contributed by atoms with Gasteiger partial charge in [-0.25, -0.2) is 19.8 Å². The number of aryl methyl sites for hydroxylation is 2. The lowest BCUT2D eigenvalue weighted by molar-refractivity contribution is 0.240. The summed E-state index contributed by atoms with van der Waals surface area (Å²) >= 11 is 0. The number of H-pyrrole nitrogens is 1. The first-order valence-electron chi connectivity index (χ1n) is 15.0. The van der Waals surface area contributed by atoms with Crippen LogP contribution in [0.2, 0.25) is 0 Å². The van der Waals surface area contributed by atoms with Crippen LogP contribution in [0.15, 0.2) is 84.2 Å². The van der Waals surface area contributed by atoms with Gasteiger partial charge in [0.2, 0.25) is 5.95 Å². The highest BCUT2D eigenvalue weighted by atomic mass is 16.2. The number of amides is 2. The highest BCUT2D eigenvalue weighted by Crippen LogP contribution is 2.32. The second-order valence-electron chi connectivity index (χ2n) is 11.3. The number of benzene rings is 2. The summed E-state index contributed by atoms with van der Waals surface area (Å²) in [5, 5.41) is 24.0. The van der Waals surface area contributed by atoms with E-state index < -0.39 is 0 Å². The van der Waals surface area contributed by atoms with Crippen molar-refractivity contribution in [3.63, 3.8) is 0 Å². The summed E-state index contributed by atoms with van der Waals surface area (Å²) in [4.78, 5) is 29.0. The van der Waals surface area contributed by atoms with Crippen molar-refractivity contribution < 1.29 is 4.79 Å². The van der Waals surface area contributed by atoms with E-state index in [9.17, 15) is 10.1 Å². The first-order chi connectivity index (χ1) is 22.0. The summed E-state index contributed by atoms with van der Waals surface area (Å²) in [5.41, 5.74) is 6.29. The van der Waals surface area contributed by atoms with Gasteiger partial charge in [-0.1, -0.05) is 42.5 Å². The Hall–Kier alpha value is -5.63. The van der Waals surface area contributed by atoms with Gasteiger partial charge in [0.15, 0.2) is 0 Å². The summed E-state index contributed by atoms with van der Waals surface area (Å²) < 4.78 is 1.78. The molecule has 5 aromatic rings. The van der Waals surface area contributed by atoms with Crippen LogP contribution >= 0.6 is 0 Å². The van der Waals surface area contributed by atoms with Gasteiger partial charge in [-0.05, 0) is 67.9 Å². The molecule has 1 aliphatic rings. The standard InChI is InChI=1S/C34H34N10O/c1-23-16-31(42-41-23)32-27(17-35)20-37-33(40-32)36-18-25-8-12-29(13-9-25)44(34(45)38-19-24-6-4-3-5-7-24)30-14-10-26(11-15-30)28-21-39-43(2)22-28/h3-7,10-11,14-16,18,20-22,25,29H,8-9,12-13,19H2,1-2H3,(H,38,45)(H,41,42)/b36-18-. The molecule has 226 valence electrons. The van der Waals surface area contributed by atoms with Gasteiger partial charge in [0.05, 0.1) is 29.3 Å². The lowest BCUT2D eigenvalue weighted by Crippen LogP contribution is -2.47. The van der Waals surface area contributed by atoms with Crippen molar-refractivity contribution in [3.8, 4) is 28.6 Å². The van der Waals surface area contributed by atoms with Gasteiger partial charge >= 0.3 is 6.03 Å². The summed E-state index contributed by atoms with van der Waals surface area (Å²) in [6.07, 6.45) is 10.6. The number of hydrogen-bond donors (Lipinski definition) is 2. The molecule has 3 heterocycles. The van der Waals surface area contributed by atoms with E-state index in [1.165, 1.54) is 6.20 Å². The minimum absolute atomic E-state index is 0.0380. The van der Waals surface area contributed by atoms with Crippen LogP contribution in [-0.4, -0.2) is 48.2 Å². The minimum Gasteiger partial charge on any atom is -0.334 e. The molecule has 1 aliphatic carbocycles. The van der Waals surface area contributed by atoms with Crippen molar-refractivity contribution in [1.29, 1.82) is 5.26 Å². The van der Waals surface area contributed by atoms with Crippen LogP contribution < -0.4 is 10.2 Å². The van der Waals surface area contributed by atoms with Gasteiger partial charge < -0.3 is 5.32 Å². The molecule has 11 heteroatoms. The number of nitrogens with zero attached hydrogens (tertiary/aromatic N) is 8. The van der Waals surface area contributed by atoms with Gasteiger partial charge in [-0.15, -0.1) is 0 Å². The van der Waals surface area contributed by atoms with Crippen molar-refractivity contribution in [2.24, 2.45) is 18.0 Å². The Kier molecular flexibility index (Phi) is 8.73. The molecule has 3 aromatic heterocycles. The fourth-order valence-corrected chi connectivity index (χ4v) is 5.68. The van der Waals surface area contributed by atoms with E-state index in [2.05, 4.69) is 41.6 Å². The minimum atomic E-state index is -0.113. The number of rotatable bonds is 8.